The van der Waals surface area contributed by atoms with Crippen LogP contribution >= 0.6 is 0 Å². The van der Waals surface area contributed by atoms with Gasteiger partial charge in [0.2, 0.25) is 0 Å². The van der Waals surface area contributed by atoms with Gasteiger partial charge in [-0.25, -0.2) is 0 Å². The Kier molecular flexibility index (Phi) is 5.80. The van der Waals surface area contributed by atoms with Gasteiger partial charge in [0, 0.05) is 45.6 Å². The number of rotatable bonds is 7. The fourth-order valence-corrected chi connectivity index (χ4v) is 1.60. The maximum absolute atomic E-state index is 11.7. The summed E-state index contributed by atoms with van der Waals surface area (Å²) in [6.07, 6.45) is 3.36. The van der Waals surface area contributed by atoms with Gasteiger partial charge in [-0.2, -0.15) is 0 Å². The Morgan fingerprint density at radius 3 is 2.28 bits per heavy atom. The topological polar surface area (TPSA) is 62.5 Å². The van der Waals surface area contributed by atoms with Gasteiger partial charge in [-0.15, -0.1) is 0 Å². The van der Waals surface area contributed by atoms with Crippen LogP contribution in [0.2, 0.25) is 0 Å². The molecule has 0 spiro atoms. The zero-order chi connectivity index (χ0) is 13.5. The van der Waals surface area contributed by atoms with Crippen molar-refractivity contribution in [1.29, 1.82) is 0 Å². The fourth-order valence-electron chi connectivity index (χ4n) is 1.60. The number of nitrogens with zero attached hydrogens (tertiary/aromatic N) is 2. The second-order valence-corrected chi connectivity index (χ2v) is 3.84. The first kappa shape index (κ1) is 14.7. The third-order valence-electron chi connectivity index (χ3n) is 2.55. The summed E-state index contributed by atoms with van der Waals surface area (Å²) < 4.78 is 13.4. The molecule has 1 aromatic rings. The third-order valence-corrected chi connectivity index (χ3v) is 2.55. The number of ether oxygens (including phenoxy) is 2. The van der Waals surface area contributed by atoms with E-state index in [2.05, 4.69) is 0 Å². The fraction of sp³-hybridized carbons (Fsp3) is 0.667. The highest BCUT2D eigenvalue weighted by Crippen LogP contribution is 2.02. The zero-order valence-corrected chi connectivity index (χ0v) is 11.1. The molecule has 6 heteroatoms. The van der Waals surface area contributed by atoms with Crippen molar-refractivity contribution in [2.75, 3.05) is 13.2 Å². The van der Waals surface area contributed by atoms with Gasteiger partial charge in [0.25, 0.3) is 0 Å². The number of aromatic nitrogens is 2. The maximum Gasteiger partial charge on any atom is 0.316 e. The van der Waals surface area contributed by atoms with E-state index in [9.17, 15) is 9.59 Å². The lowest BCUT2D eigenvalue weighted by Crippen LogP contribution is -2.40. The second-order valence-electron chi connectivity index (χ2n) is 3.84. The summed E-state index contributed by atoms with van der Waals surface area (Å²) in [4.78, 5) is 23.1. The van der Waals surface area contributed by atoms with Gasteiger partial charge in [-0.3, -0.25) is 9.59 Å². The van der Waals surface area contributed by atoms with Gasteiger partial charge in [0.05, 0.1) is 0 Å². The van der Waals surface area contributed by atoms with E-state index in [1.54, 1.807) is 19.4 Å². The van der Waals surface area contributed by atoms with Crippen LogP contribution in [0.15, 0.2) is 22.0 Å². The van der Waals surface area contributed by atoms with Crippen LogP contribution in [0.1, 0.15) is 20.3 Å². The Hall–Kier alpha value is -1.40. The van der Waals surface area contributed by atoms with Crippen LogP contribution in [-0.4, -0.2) is 28.6 Å². The first-order valence-corrected chi connectivity index (χ1v) is 6.09. The molecule has 0 aliphatic rings. The average Bonchev–Trinajstić information content (AvgIpc) is 2.35. The van der Waals surface area contributed by atoms with Gasteiger partial charge in [-0.05, 0) is 13.8 Å². The Morgan fingerprint density at radius 2 is 1.72 bits per heavy atom. The molecule has 0 saturated heterocycles. The van der Waals surface area contributed by atoms with Crippen LogP contribution in [0.5, 0.6) is 0 Å². The molecule has 0 fully saturated rings. The third kappa shape index (κ3) is 3.82. The molecular weight excluding hydrogens is 236 g/mol. The molecule has 0 aromatic carbocycles. The molecule has 0 aliphatic carbocycles. The summed E-state index contributed by atoms with van der Waals surface area (Å²) in [5.74, 6) is 0. The average molecular weight is 256 g/mol. The smallest absolute Gasteiger partial charge is 0.316 e. The van der Waals surface area contributed by atoms with E-state index in [1.807, 2.05) is 13.8 Å². The van der Waals surface area contributed by atoms with Crippen molar-refractivity contribution >= 4 is 0 Å². The molecule has 0 atom stereocenters. The summed E-state index contributed by atoms with van der Waals surface area (Å²) in [7, 11) is 1.55. The molecule has 18 heavy (non-hydrogen) atoms. The predicted molar refractivity (Wildman–Crippen MR) is 67.6 cm³/mol. The van der Waals surface area contributed by atoms with Gasteiger partial charge >= 0.3 is 11.1 Å². The number of hydrogen-bond donors (Lipinski definition) is 0. The summed E-state index contributed by atoms with van der Waals surface area (Å²) in [6, 6.07) is 0. The zero-order valence-electron chi connectivity index (χ0n) is 11.1. The van der Waals surface area contributed by atoms with Crippen LogP contribution in [0, 0.1) is 0 Å². The minimum Gasteiger partial charge on any atom is -0.353 e. The van der Waals surface area contributed by atoms with Crippen molar-refractivity contribution in [2.24, 2.45) is 7.05 Å². The molecule has 1 aromatic heterocycles. The molecule has 0 unspecified atom stereocenters. The van der Waals surface area contributed by atoms with Crippen LogP contribution < -0.4 is 11.1 Å². The molecule has 1 heterocycles. The molecule has 0 bridgehead atoms. The molecule has 0 saturated carbocycles. The van der Waals surface area contributed by atoms with E-state index in [1.165, 1.54) is 9.13 Å². The lowest BCUT2D eigenvalue weighted by atomic mass is 10.4. The van der Waals surface area contributed by atoms with Crippen LogP contribution in [0.3, 0.4) is 0 Å². The quantitative estimate of drug-likeness (QED) is 0.521. The lowest BCUT2D eigenvalue weighted by molar-refractivity contribution is -0.141. The van der Waals surface area contributed by atoms with Crippen molar-refractivity contribution in [3.63, 3.8) is 0 Å². The summed E-state index contributed by atoms with van der Waals surface area (Å²) in [5, 5.41) is 0. The van der Waals surface area contributed by atoms with E-state index in [-0.39, 0.29) is 6.29 Å². The molecule has 1 rings (SSSR count). The molecule has 0 radical (unpaired) electrons. The first-order valence-electron chi connectivity index (χ1n) is 6.09. The lowest BCUT2D eigenvalue weighted by Gasteiger charge is -2.17. The van der Waals surface area contributed by atoms with E-state index in [0.29, 0.717) is 26.2 Å². The van der Waals surface area contributed by atoms with E-state index >= 15 is 0 Å². The van der Waals surface area contributed by atoms with Crippen molar-refractivity contribution < 1.29 is 9.47 Å². The monoisotopic (exact) mass is 256 g/mol. The molecule has 6 nitrogen and oxygen atoms in total. The normalized spacial score (nSPS) is 11.1. The molecule has 0 amide bonds. The Balaban J connectivity index is 2.70. The predicted octanol–water partition coefficient (Wildman–Crippen LogP) is 0.336. The van der Waals surface area contributed by atoms with Crippen LogP contribution in [-0.2, 0) is 23.1 Å². The standard InChI is InChI=1S/C12H20N2O4/c1-4-17-10(18-5-2)6-7-14-9-8-13(3)11(15)12(14)16/h8-10H,4-7H2,1-3H3. The number of aryl methyl sites for hydroxylation is 2. The van der Waals surface area contributed by atoms with Crippen molar-refractivity contribution in [1.82, 2.24) is 9.13 Å². The van der Waals surface area contributed by atoms with Crippen LogP contribution in [0.25, 0.3) is 0 Å². The highest BCUT2D eigenvalue weighted by molar-refractivity contribution is 4.84. The van der Waals surface area contributed by atoms with Gasteiger partial charge in [-0.1, -0.05) is 0 Å². The van der Waals surface area contributed by atoms with E-state index in [0.717, 1.165) is 0 Å². The first-order chi connectivity index (χ1) is 8.60. The molecule has 102 valence electrons. The SMILES string of the molecule is CCOC(CCn1ccn(C)c(=O)c1=O)OCC. The van der Waals surface area contributed by atoms with Gasteiger partial charge in [0.15, 0.2) is 6.29 Å². The molecular formula is C12H20N2O4. The van der Waals surface area contributed by atoms with E-state index < -0.39 is 11.1 Å². The minimum atomic E-state index is -0.526. The van der Waals surface area contributed by atoms with Gasteiger partial charge < -0.3 is 18.6 Å². The highest BCUT2D eigenvalue weighted by Gasteiger charge is 2.09. The maximum atomic E-state index is 11.7. The summed E-state index contributed by atoms with van der Waals surface area (Å²) >= 11 is 0. The Labute approximate surface area is 106 Å². The summed E-state index contributed by atoms with van der Waals surface area (Å²) in [6.45, 7) is 5.28. The highest BCUT2D eigenvalue weighted by atomic mass is 16.7. The van der Waals surface area contributed by atoms with Gasteiger partial charge in [0.1, 0.15) is 0 Å². The largest absolute Gasteiger partial charge is 0.353 e. The number of hydrogen-bond acceptors (Lipinski definition) is 4. The molecule has 0 N–H and O–H groups in total. The Bertz CT molecular complexity index is 472. The van der Waals surface area contributed by atoms with Crippen LogP contribution in [0.4, 0.5) is 0 Å². The van der Waals surface area contributed by atoms with Crippen molar-refractivity contribution in [3.05, 3.63) is 33.1 Å². The second kappa shape index (κ2) is 7.13. The van der Waals surface area contributed by atoms with Crippen molar-refractivity contribution in [3.8, 4) is 0 Å². The van der Waals surface area contributed by atoms with E-state index in [4.69, 9.17) is 9.47 Å². The summed E-state index contributed by atoms with van der Waals surface area (Å²) in [5.41, 5.74) is -1.05. The minimum absolute atomic E-state index is 0.337. The van der Waals surface area contributed by atoms with Crippen molar-refractivity contribution in [2.45, 2.75) is 33.1 Å². The Morgan fingerprint density at radius 1 is 1.11 bits per heavy atom. The molecule has 0 aliphatic heterocycles.